The molecular formula is C56H97N17O20. The molecule has 0 aromatic heterocycles. The molecule has 0 aromatic rings. The normalized spacial score (nSPS) is 15.4. The number of carbonyl (C=O) groups excluding carboxylic acids is 16. The Morgan fingerprint density at radius 1 is 0.366 bits per heavy atom. The van der Waals surface area contributed by atoms with Gasteiger partial charge in [0.15, 0.2) is 0 Å². The number of carbonyl (C=O) groups is 17. The Bertz CT molecular complexity index is 2770. The topological polar surface area (TPSA) is 583 Å². The van der Waals surface area contributed by atoms with Crippen LogP contribution >= 0.6 is 0 Å². The molecule has 0 heterocycles. The maximum atomic E-state index is 14.1. The van der Waals surface area contributed by atoms with Crippen LogP contribution in [0.15, 0.2) is 0 Å². The predicted molar refractivity (Wildman–Crippen MR) is 328 cm³/mol. The highest BCUT2D eigenvalue weighted by Crippen LogP contribution is 2.22. The van der Waals surface area contributed by atoms with Crippen molar-refractivity contribution in [1.82, 2.24) is 79.8 Å². The lowest BCUT2D eigenvalue weighted by molar-refractivity contribution is -0.140. The van der Waals surface area contributed by atoms with E-state index >= 15 is 0 Å². The minimum absolute atomic E-state index is 0.569. The van der Waals surface area contributed by atoms with Crippen LogP contribution in [0.2, 0.25) is 0 Å². The first-order chi connectivity index (χ1) is 42.4. The molecule has 0 aliphatic rings. The molecule has 526 valence electrons. The summed E-state index contributed by atoms with van der Waals surface area (Å²) < 4.78 is 0. The van der Waals surface area contributed by atoms with E-state index in [0.29, 0.717) is 0 Å². The molecule has 0 saturated carbocycles. The van der Waals surface area contributed by atoms with Crippen molar-refractivity contribution in [2.75, 3.05) is 33.7 Å². The van der Waals surface area contributed by atoms with Crippen molar-refractivity contribution in [3.8, 4) is 0 Å². The molecule has 0 saturated heterocycles. The van der Waals surface area contributed by atoms with Gasteiger partial charge in [-0.3, -0.25) is 81.5 Å². The van der Waals surface area contributed by atoms with Crippen molar-refractivity contribution in [3.05, 3.63) is 0 Å². The number of aliphatic carboxylic acids is 1. The molecule has 0 aliphatic heterocycles. The third-order valence-corrected chi connectivity index (χ3v) is 13.6. The molecule has 0 fully saturated rings. The van der Waals surface area contributed by atoms with Crippen molar-refractivity contribution in [3.63, 3.8) is 0 Å². The average Bonchev–Trinajstić information content (AvgIpc) is 0.859. The van der Waals surface area contributed by atoms with Gasteiger partial charge in [-0.25, -0.2) is 0 Å². The van der Waals surface area contributed by atoms with Crippen LogP contribution in [0.1, 0.15) is 123 Å². The fourth-order valence-electron chi connectivity index (χ4n) is 8.13. The zero-order chi connectivity index (χ0) is 72.6. The van der Waals surface area contributed by atoms with E-state index in [1.165, 1.54) is 69.5 Å². The molecule has 37 nitrogen and oxygen atoms in total. The Morgan fingerprint density at radius 2 is 0.710 bits per heavy atom. The third kappa shape index (κ3) is 30.2. The summed E-state index contributed by atoms with van der Waals surface area (Å²) in [6.45, 7) is 17.7. The first-order valence-corrected chi connectivity index (χ1v) is 29.4. The molecule has 37 heteroatoms. The van der Waals surface area contributed by atoms with Gasteiger partial charge in [0, 0.05) is 20.5 Å². The van der Waals surface area contributed by atoms with Crippen LogP contribution in [0, 0.1) is 16.7 Å². The summed E-state index contributed by atoms with van der Waals surface area (Å²) in [7, 11) is 2.44. The third-order valence-electron chi connectivity index (χ3n) is 13.6. The van der Waals surface area contributed by atoms with Gasteiger partial charge >= 0.3 is 5.97 Å². The Labute approximate surface area is 538 Å². The first-order valence-electron chi connectivity index (χ1n) is 29.4. The molecule has 0 radical (unpaired) electrons. The number of aliphatic hydroxyl groups is 2. The van der Waals surface area contributed by atoms with Crippen LogP contribution in [0.4, 0.5) is 0 Å². The van der Waals surface area contributed by atoms with Gasteiger partial charge in [-0.1, -0.05) is 48.5 Å². The Balaban J connectivity index is 6.27. The van der Waals surface area contributed by atoms with Crippen LogP contribution < -0.4 is 91.2 Å². The standard InChI is InChI=1S/C56H97N17O20/c1-24(18-31(58)74)37(48(87)73-41(56(14,15)93)52(91)65-27(4)44(83)63-23-36(79)80)70-46(85)29(19-32(75)59-16)68-51(90)38(53(6,7)8)69-35(78)22-61-43(82)26(3)64-34(77)21-62-49(88)40(55(12,13)92)72-47(86)30(20-33(76)60-17)67-45(84)28(5)66-50(89)39(54(9,10)11)71-42(81)25(2)57/h24-30,37-41,92-93H,18-23,57H2,1-17H3,(H2,58,74)(H,59,75)(H,60,76)(H,61,82)(H,62,88)(H,63,83)(H,64,77)(H,65,91)(H,66,89)(H,67,84)(H,68,90)(H,69,78)(H,70,85)(H,71,81)(H,72,86)(H,73,87)(H,79,80)/t24-,25-,26-,27-,28-,29+,30+,37-,38+,39-,40+,41-/m0/s1. The first kappa shape index (κ1) is 83.9. The van der Waals surface area contributed by atoms with Gasteiger partial charge < -0.3 is 107 Å². The zero-order valence-corrected chi connectivity index (χ0v) is 55.6. The minimum Gasteiger partial charge on any atom is -0.480 e. The van der Waals surface area contributed by atoms with E-state index in [0.717, 1.165) is 27.7 Å². The summed E-state index contributed by atoms with van der Waals surface area (Å²) in [5.74, 6) is -18.4. The molecule has 0 unspecified atom stereocenters. The summed E-state index contributed by atoms with van der Waals surface area (Å²) in [6, 6.07) is -17.0. The van der Waals surface area contributed by atoms with Crippen LogP contribution in [-0.4, -0.2) is 227 Å². The molecule has 0 aromatic carbocycles. The van der Waals surface area contributed by atoms with E-state index in [9.17, 15) is 91.7 Å². The minimum atomic E-state index is -2.09. The largest absolute Gasteiger partial charge is 0.480 e. The maximum Gasteiger partial charge on any atom is 0.322 e. The predicted octanol–water partition coefficient (Wildman–Crippen LogP) is -8.91. The fraction of sp³-hybridized carbons (Fsp3) is 0.696. The molecule has 22 N–H and O–H groups in total. The summed E-state index contributed by atoms with van der Waals surface area (Å²) in [4.78, 5) is 222. The Morgan fingerprint density at radius 3 is 1.13 bits per heavy atom. The van der Waals surface area contributed by atoms with Crippen LogP contribution in [0.25, 0.3) is 0 Å². The quantitative estimate of drug-likeness (QED) is 0.0277. The molecule has 0 bridgehead atoms. The van der Waals surface area contributed by atoms with Gasteiger partial charge in [-0.15, -0.1) is 0 Å². The van der Waals surface area contributed by atoms with E-state index in [4.69, 9.17) is 16.6 Å². The Hall–Kier alpha value is -9.13. The second-order valence-electron chi connectivity index (χ2n) is 25.5. The highest BCUT2D eigenvalue weighted by Gasteiger charge is 2.43. The lowest BCUT2D eigenvalue weighted by Gasteiger charge is -2.34. The summed E-state index contributed by atoms with van der Waals surface area (Å²) in [5, 5.41) is 65.3. The average molecular weight is 1330 g/mol. The van der Waals surface area contributed by atoms with Crippen LogP contribution in [0.3, 0.4) is 0 Å². The second kappa shape index (κ2) is 36.8. The lowest BCUT2D eigenvalue weighted by atomic mass is 9.85. The van der Waals surface area contributed by atoms with E-state index in [-0.39, 0.29) is 0 Å². The summed E-state index contributed by atoms with van der Waals surface area (Å²) >= 11 is 0. The highest BCUT2D eigenvalue weighted by atomic mass is 16.4. The van der Waals surface area contributed by atoms with Crippen molar-refractivity contribution < 1.29 is 96.8 Å². The van der Waals surface area contributed by atoms with Crippen molar-refractivity contribution in [1.29, 1.82) is 0 Å². The Kier molecular flexibility index (Phi) is 33.2. The number of carboxylic acids is 1. The van der Waals surface area contributed by atoms with E-state index in [2.05, 4.69) is 79.8 Å². The highest BCUT2D eigenvalue weighted by molar-refractivity contribution is 6.01. The molecule has 0 rings (SSSR count). The number of primary amides is 1. The van der Waals surface area contributed by atoms with Gasteiger partial charge in [0.2, 0.25) is 94.5 Å². The summed E-state index contributed by atoms with van der Waals surface area (Å²) in [6.07, 6.45) is -2.07. The van der Waals surface area contributed by atoms with Gasteiger partial charge in [0.05, 0.1) is 43.2 Å². The summed E-state index contributed by atoms with van der Waals surface area (Å²) in [5.41, 5.74) is 4.82. The lowest BCUT2D eigenvalue weighted by Crippen LogP contribution is -2.64. The smallest absolute Gasteiger partial charge is 0.322 e. The van der Waals surface area contributed by atoms with Gasteiger partial charge in [-0.05, 0) is 72.1 Å². The molecular weight excluding hydrogens is 1230 g/mol. The van der Waals surface area contributed by atoms with E-state index in [1.54, 1.807) is 20.8 Å². The monoisotopic (exact) mass is 1330 g/mol. The molecule has 0 aliphatic carbocycles. The van der Waals surface area contributed by atoms with Gasteiger partial charge in [0.25, 0.3) is 0 Å². The number of nitrogens with two attached hydrogens (primary N) is 2. The number of hydrogen-bond acceptors (Lipinski definition) is 20. The maximum absolute atomic E-state index is 14.1. The van der Waals surface area contributed by atoms with Crippen molar-refractivity contribution in [2.24, 2.45) is 28.2 Å². The number of carboxylic acid groups (broad SMARTS) is 1. The number of hydrogen-bond donors (Lipinski definition) is 20. The van der Waals surface area contributed by atoms with E-state index < -0.39 is 234 Å². The number of amides is 16. The van der Waals surface area contributed by atoms with Crippen LogP contribution in [-0.2, 0) is 81.5 Å². The number of nitrogens with one attached hydrogen (secondary N) is 15. The SMILES string of the molecule is CNC(=O)C[C@@H](NC(=O)[C@H](C)NC(=O)[C@H](NC(=O)[C@H](C)N)C(C)(C)C)C(=O)N[C@H](C(=O)NCC(=O)N[C@@H](C)C(=O)NCC(=O)N[C@H](C(=O)N[C@H](CC(=O)NC)C(=O)N[C@H](C(=O)N[C@@H](C(=O)N[C@@H](C)C(=O)NCC(=O)O)C(C)(C)O)[C@@H](C)CC(N)=O)C(C)(C)C)C(C)(C)O. The van der Waals surface area contributed by atoms with Crippen molar-refractivity contribution >= 4 is 100 Å². The van der Waals surface area contributed by atoms with Gasteiger partial charge in [0.1, 0.15) is 67.0 Å². The van der Waals surface area contributed by atoms with Gasteiger partial charge in [-0.2, -0.15) is 0 Å². The second-order valence-corrected chi connectivity index (χ2v) is 25.5. The molecule has 0 spiro atoms. The van der Waals surface area contributed by atoms with Crippen molar-refractivity contribution in [2.45, 2.75) is 201 Å². The molecule has 12 atom stereocenters. The molecule has 93 heavy (non-hydrogen) atoms. The molecule has 16 amide bonds. The fourth-order valence-corrected chi connectivity index (χ4v) is 8.13. The van der Waals surface area contributed by atoms with E-state index in [1.807, 2.05) is 0 Å². The number of rotatable bonds is 36. The zero-order valence-electron chi connectivity index (χ0n) is 55.6. The van der Waals surface area contributed by atoms with Crippen LogP contribution in [0.5, 0.6) is 0 Å².